The third kappa shape index (κ3) is 4.03. The fourth-order valence-corrected chi connectivity index (χ4v) is 2.38. The second-order valence-corrected chi connectivity index (χ2v) is 4.92. The molecule has 0 saturated heterocycles. The fourth-order valence-electron chi connectivity index (χ4n) is 2.38. The van der Waals surface area contributed by atoms with Gasteiger partial charge in [-0.05, 0) is 29.7 Å². The van der Waals surface area contributed by atoms with Gasteiger partial charge in [-0.15, -0.1) is 0 Å². The van der Waals surface area contributed by atoms with Crippen molar-refractivity contribution in [3.63, 3.8) is 0 Å². The van der Waals surface area contributed by atoms with Crippen LogP contribution in [0.1, 0.15) is 21.5 Å². The van der Waals surface area contributed by atoms with Crippen molar-refractivity contribution in [1.82, 2.24) is 4.90 Å². The van der Waals surface area contributed by atoms with Crippen LogP contribution in [-0.4, -0.2) is 56.0 Å². The van der Waals surface area contributed by atoms with Crippen LogP contribution in [0.25, 0.3) is 0 Å². The summed E-state index contributed by atoms with van der Waals surface area (Å²) in [6.45, 7) is 4.56. The molecule has 0 atom stereocenters. The quantitative estimate of drug-likeness (QED) is 0.765. The number of methoxy groups -OCH3 is 1. The van der Waals surface area contributed by atoms with Crippen LogP contribution in [0.2, 0.25) is 0 Å². The molecule has 0 bridgehead atoms. The van der Waals surface area contributed by atoms with Gasteiger partial charge >= 0.3 is 5.97 Å². The Morgan fingerprint density at radius 1 is 1.30 bits per heavy atom. The number of rotatable bonds is 7. The second-order valence-electron chi connectivity index (χ2n) is 4.92. The molecular weight excluding hydrogens is 258 g/mol. The molecule has 0 amide bonds. The summed E-state index contributed by atoms with van der Waals surface area (Å²) in [5, 5.41) is 9.03. The summed E-state index contributed by atoms with van der Waals surface area (Å²) in [7, 11) is 1.66. The highest BCUT2D eigenvalue weighted by Gasteiger charge is 2.17. The number of fused-ring (bicyclic) bond motifs is 1. The van der Waals surface area contributed by atoms with Gasteiger partial charge in [-0.2, -0.15) is 0 Å². The van der Waals surface area contributed by atoms with Crippen LogP contribution in [0.5, 0.6) is 0 Å². The first-order valence-corrected chi connectivity index (χ1v) is 6.85. The van der Waals surface area contributed by atoms with Crippen molar-refractivity contribution in [2.75, 3.05) is 40.0 Å². The maximum absolute atomic E-state index is 11.0. The summed E-state index contributed by atoms with van der Waals surface area (Å²) in [6, 6.07) is 5.41. The molecule has 5 heteroatoms. The monoisotopic (exact) mass is 279 g/mol. The summed E-state index contributed by atoms with van der Waals surface area (Å²) in [5.74, 6) is -0.868. The molecule has 0 radical (unpaired) electrons. The molecule has 1 aliphatic rings. The van der Waals surface area contributed by atoms with E-state index in [2.05, 4.69) is 4.90 Å². The number of carboxylic acid groups (broad SMARTS) is 1. The third-order valence-corrected chi connectivity index (χ3v) is 3.53. The van der Waals surface area contributed by atoms with Crippen LogP contribution in [-0.2, 0) is 22.4 Å². The van der Waals surface area contributed by atoms with Crippen molar-refractivity contribution in [3.05, 3.63) is 34.9 Å². The minimum atomic E-state index is -0.868. The van der Waals surface area contributed by atoms with E-state index >= 15 is 0 Å². The molecule has 1 N–H and O–H groups in total. The number of nitrogens with zero attached hydrogens (tertiary/aromatic N) is 1. The molecule has 0 fully saturated rings. The molecule has 1 aliphatic heterocycles. The summed E-state index contributed by atoms with van der Waals surface area (Å²) < 4.78 is 10.4. The van der Waals surface area contributed by atoms with E-state index < -0.39 is 5.97 Å². The normalized spacial score (nSPS) is 15.1. The molecule has 0 aromatic heterocycles. The average Bonchev–Trinajstić information content (AvgIpc) is 2.46. The molecular formula is C15H21NO4. The van der Waals surface area contributed by atoms with E-state index in [0.717, 1.165) is 31.6 Å². The molecule has 2 rings (SSSR count). The van der Waals surface area contributed by atoms with Gasteiger partial charge < -0.3 is 14.6 Å². The van der Waals surface area contributed by atoms with Crippen LogP contribution >= 0.6 is 0 Å². The molecule has 1 aromatic carbocycles. The number of carboxylic acids is 1. The van der Waals surface area contributed by atoms with E-state index in [-0.39, 0.29) is 0 Å². The summed E-state index contributed by atoms with van der Waals surface area (Å²) in [5.41, 5.74) is 2.74. The Balaban J connectivity index is 1.86. The zero-order valence-electron chi connectivity index (χ0n) is 11.8. The van der Waals surface area contributed by atoms with Gasteiger partial charge in [0, 0.05) is 26.7 Å². The van der Waals surface area contributed by atoms with Gasteiger partial charge in [0.1, 0.15) is 0 Å². The van der Waals surface area contributed by atoms with Gasteiger partial charge in [0.05, 0.1) is 25.4 Å². The van der Waals surface area contributed by atoms with Crippen LogP contribution in [0, 0.1) is 0 Å². The van der Waals surface area contributed by atoms with Crippen LogP contribution < -0.4 is 0 Å². The van der Waals surface area contributed by atoms with Crippen molar-refractivity contribution in [2.24, 2.45) is 0 Å². The molecule has 0 unspecified atom stereocenters. The third-order valence-electron chi connectivity index (χ3n) is 3.53. The van der Waals surface area contributed by atoms with E-state index in [9.17, 15) is 4.79 Å². The van der Waals surface area contributed by atoms with Gasteiger partial charge in [-0.1, -0.05) is 6.07 Å². The number of hydrogen-bond donors (Lipinski definition) is 1. The number of hydrogen-bond acceptors (Lipinski definition) is 4. The van der Waals surface area contributed by atoms with Crippen molar-refractivity contribution in [3.8, 4) is 0 Å². The van der Waals surface area contributed by atoms with Crippen LogP contribution in [0.4, 0.5) is 0 Å². The molecule has 5 nitrogen and oxygen atoms in total. The zero-order chi connectivity index (χ0) is 14.4. The summed E-state index contributed by atoms with van der Waals surface area (Å²) >= 11 is 0. The van der Waals surface area contributed by atoms with Gasteiger partial charge in [-0.3, -0.25) is 4.90 Å². The lowest BCUT2D eigenvalue weighted by atomic mass is 9.97. The standard InChI is InChI=1S/C15H21NO4/c1-19-8-9-20-7-6-16-5-4-12-2-3-13(15(17)18)10-14(12)11-16/h2-3,10H,4-9,11H2,1H3,(H,17,18). The lowest BCUT2D eigenvalue weighted by Crippen LogP contribution is -2.33. The molecule has 110 valence electrons. The van der Waals surface area contributed by atoms with Gasteiger partial charge in [0.2, 0.25) is 0 Å². The summed E-state index contributed by atoms with van der Waals surface area (Å²) in [4.78, 5) is 13.3. The maximum Gasteiger partial charge on any atom is 0.335 e. The number of carbonyl (C=O) groups is 1. The minimum absolute atomic E-state index is 0.363. The smallest absolute Gasteiger partial charge is 0.335 e. The highest BCUT2D eigenvalue weighted by atomic mass is 16.5. The molecule has 20 heavy (non-hydrogen) atoms. The van der Waals surface area contributed by atoms with Gasteiger partial charge in [-0.25, -0.2) is 4.79 Å². The predicted octanol–water partition coefficient (Wildman–Crippen LogP) is 1.41. The molecule has 1 aromatic rings. The Labute approximate surface area is 119 Å². The first kappa shape index (κ1) is 15.0. The molecule has 0 saturated carbocycles. The Morgan fingerprint density at radius 3 is 2.90 bits per heavy atom. The lowest BCUT2D eigenvalue weighted by Gasteiger charge is -2.28. The highest BCUT2D eigenvalue weighted by molar-refractivity contribution is 5.87. The minimum Gasteiger partial charge on any atom is -0.478 e. The maximum atomic E-state index is 11.0. The Hall–Kier alpha value is -1.43. The van der Waals surface area contributed by atoms with Crippen molar-refractivity contribution >= 4 is 5.97 Å². The molecule has 0 aliphatic carbocycles. The van der Waals surface area contributed by atoms with Gasteiger partial charge in [0.15, 0.2) is 0 Å². The second kappa shape index (κ2) is 7.38. The van der Waals surface area contributed by atoms with Gasteiger partial charge in [0.25, 0.3) is 0 Å². The van der Waals surface area contributed by atoms with Crippen molar-refractivity contribution in [1.29, 1.82) is 0 Å². The number of ether oxygens (including phenoxy) is 2. The Kier molecular flexibility index (Phi) is 5.52. The van der Waals surface area contributed by atoms with E-state index in [1.807, 2.05) is 6.07 Å². The number of aromatic carboxylic acids is 1. The molecule has 1 heterocycles. The fraction of sp³-hybridized carbons (Fsp3) is 0.533. The van der Waals surface area contributed by atoms with E-state index in [1.54, 1.807) is 19.2 Å². The highest BCUT2D eigenvalue weighted by Crippen LogP contribution is 2.20. The van der Waals surface area contributed by atoms with Crippen LogP contribution in [0.3, 0.4) is 0 Å². The zero-order valence-corrected chi connectivity index (χ0v) is 11.8. The van der Waals surface area contributed by atoms with E-state index in [0.29, 0.717) is 25.4 Å². The predicted molar refractivity (Wildman–Crippen MR) is 75.1 cm³/mol. The van der Waals surface area contributed by atoms with E-state index in [4.69, 9.17) is 14.6 Å². The Morgan fingerprint density at radius 2 is 2.15 bits per heavy atom. The van der Waals surface area contributed by atoms with Crippen LogP contribution in [0.15, 0.2) is 18.2 Å². The SMILES string of the molecule is COCCOCCN1CCc2ccc(C(=O)O)cc2C1. The summed E-state index contributed by atoms with van der Waals surface area (Å²) in [6.07, 6.45) is 0.966. The van der Waals surface area contributed by atoms with Crippen molar-refractivity contribution in [2.45, 2.75) is 13.0 Å². The first-order chi connectivity index (χ1) is 9.70. The number of benzene rings is 1. The lowest BCUT2D eigenvalue weighted by molar-refractivity contribution is 0.0551. The molecule has 0 spiro atoms. The Bertz CT molecular complexity index is 461. The average molecular weight is 279 g/mol. The van der Waals surface area contributed by atoms with Crippen molar-refractivity contribution < 1.29 is 19.4 Å². The topological polar surface area (TPSA) is 59.0 Å². The first-order valence-electron chi connectivity index (χ1n) is 6.85. The van der Waals surface area contributed by atoms with E-state index in [1.165, 1.54) is 5.56 Å². The largest absolute Gasteiger partial charge is 0.478 e.